The zero-order valence-corrected chi connectivity index (χ0v) is 19.1. The lowest BCUT2D eigenvalue weighted by molar-refractivity contribution is 0.102. The summed E-state index contributed by atoms with van der Waals surface area (Å²) in [5, 5.41) is 3.57. The molecule has 0 atom stereocenters. The maximum absolute atomic E-state index is 12.8. The van der Waals surface area contributed by atoms with Crippen LogP contribution in [0.3, 0.4) is 0 Å². The molecule has 0 saturated carbocycles. The van der Waals surface area contributed by atoms with E-state index in [-0.39, 0.29) is 26.2 Å². The number of carbonyl (C=O) groups is 1. The number of rotatable bonds is 5. The summed E-state index contributed by atoms with van der Waals surface area (Å²) in [4.78, 5) is 12.7. The second-order valence-electron chi connectivity index (χ2n) is 5.83. The minimum atomic E-state index is -4.01. The van der Waals surface area contributed by atoms with E-state index in [9.17, 15) is 13.2 Å². The van der Waals surface area contributed by atoms with E-state index in [1.807, 2.05) is 0 Å². The van der Waals surface area contributed by atoms with Crippen LogP contribution in [0.4, 0.5) is 11.4 Å². The molecule has 150 valence electrons. The van der Waals surface area contributed by atoms with Gasteiger partial charge < -0.3 is 5.32 Å². The van der Waals surface area contributed by atoms with Gasteiger partial charge in [0.1, 0.15) is 0 Å². The number of nitrogens with one attached hydrogen (secondary N) is 2. The molecule has 0 aliphatic rings. The topological polar surface area (TPSA) is 75.3 Å². The number of amides is 1. The standard InChI is InChI=1S/C19H12BrCl3N2O3S/c20-11-1-8-18(25-29(27,28)14-6-7-16(22)17(23)10-14)15(9-11)19(26)24-13-4-2-12(21)3-5-13/h1-10,25H,(H,24,26). The molecule has 0 fully saturated rings. The largest absolute Gasteiger partial charge is 0.322 e. The first-order valence-electron chi connectivity index (χ1n) is 8.00. The van der Waals surface area contributed by atoms with E-state index in [2.05, 4.69) is 26.0 Å². The molecule has 3 aromatic carbocycles. The van der Waals surface area contributed by atoms with Gasteiger partial charge in [-0.3, -0.25) is 9.52 Å². The third-order valence-electron chi connectivity index (χ3n) is 3.77. The first-order valence-corrected chi connectivity index (χ1v) is 11.4. The molecule has 5 nitrogen and oxygen atoms in total. The number of hydrogen-bond acceptors (Lipinski definition) is 3. The molecular formula is C19H12BrCl3N2O3S. The van der Waals surface area contributed by atoms with E-state index >= 15 is 0 Å². The highest BCUT2D eigenvalue weighted by Crippen LogP contribution is 2.28. The van der Waals surface area contributed by atoms with Crippen molar-refractivity contribution < 1.29 is 13.2 Å². The lowest BCUT2D eigenvalue weighted by atomic mass is 10.1. The Morgan fingerprint density at radius 2 is 1.55 bits per heavy atom. The van der Waals surface area contributed by atoms with Gasteiger partial charge in [-0.15, -0.1) is 0 Å². The number of anilines is 2. The van der Waals surface area contributed by atoms with Crippen LogP contribution in [0.2, 0.25) is 15.1 Å². The van der Waals surface area contributed by atoms with Crippen LogP contribution >= 0.6 is 50.7 Å². The van der Waals surface area contributed by atoms with Gasteiger partial charge in [-0.25, -0.2) is 8.42 Å². The van der Waals surface area contributed by atoms with Gasteiger partial charge >= 0.3 is 0 Å². The molecule has 29 heavy (non-hydrogen) atoms. The molecule has 0 unspecified atom stereocenters. The van der Waals surface area contributed by atoms with Gasteiger partial charge in [-0.05, 0) is 60.7 Å². The van der Waals surface area contributed by atoms with Crippen LogP contribution in [-0.2, 0) is 10.0 Å². The normalized spacial score (nSPS) is 11.2. The van der Waals surface area contributed by atoms with Crippen LogP contribution in [0.1, 0.15) is 10.4 Å². The molecule has 0 radical (unpaired) electrons. The Kier molecular flexibility index (Phi) is 6.76. The third kappa shape index (κ3) is 5.43. The molecule has 1 amide bonds. The maximum Gasteiger partial charge on any atom is 0.261 e. The van der Waals surface area contributed by atoms with Gasteiger partial charge in [0.05, 0.1) is 26.2 Å². The fraction of sp³-hybridized carbons (Fsp3) is 0. The zero-order valence-electron chi connectivity index (χ0n) is 14.4. The maximum atomic E-state index is 12.8. The van der Waals surface area contributed by atoms with Crippen LogP contribution in [0, 0.1) is 0 Å². The van der Waals surface area contributed by atoms with Gasteiger partial charge in [-0.2, -0.15) is 0 Å². The van der Waals surface area contributed by atoms with E-state index in [4.69, 9.17) is 34.8 Å². The average Bonchev–Trinajstić information content (AvgIpc) is 2.67. The summed E-state index contributed by atoms with van der Waals surface area (Å²) in [5.74, 6) is -0.500. The van der Waals surface area contributed by atoms with Crippen molar-refractivity contribution in [2.24, 2.45) is 0 Å². The summed E-state index contributed by atoms with van der Waals surface area (Å²) in [6.07, 6.45) is 0. The van der Waals surface area contributed by atoms with Crippen molar-refractivity contribution in [1.82, 2.24) is 0 Å². The molecule has 0 bridgehead atoms. The molecule has 0 aliphatic carbocycles. The van der Waals surface area contributed by atoms with Gasteiger partial charge in [-0.1, -0.05) is 50.7 Å². The van der Waals surface area contributed by atoms with Gasteiger partial charge in [0.2, 0.25) is 0 Å². The number of sulfonamides is 1. The summed E-state index contributed by atoms with van der Waals surface area (Å²) in [5.41, 5.74) is 0.737. The monoisotopic (exact) mass is 532 g/mol. The second kappa shape index (κ2) is 8.93. The van der Waals surface area contributed by atoms with E-state index in [0.717, 1.165) is 0 Å². The Bertz CT molecular complexity index is 1190. The minimum absolute atomic E-state index is 0.0844. The van der Waals surface area contributed by atoms with Crippen LogP contribution in [0.5, 0.6) is 0 Å². The molecule has 3 aromatic rings. The molecular weight excluding hydrogens is 523 g/mol. The zero-order chi connectivity index (χ0) is 21.2. The number of carbonyl (C=O) groups excluding carboxylic acids is 1. The first-order chi connectivity index (χ1) is 13.7. The van der Waals surface area contributed by atoms with E-state index in [1.165, 1.54) is 30.3 Å². The highest BCUT2D eigenvalue weighted by atomic mass is 79.9. The Balaban J connectivity index is 1.92. The first kappa shape index (κ1) is 21.9. The molecule has 0 aromatic heterocycles. The van der Waals surface area contributed by atoms with Gasteiger partial charge in [0, 0.05) is 15.2 Å². The predicted octanol–water partition coefficient (Wildman–Crippen LogP) is 6.46. The molecule has 0 heterocycles. The summed E-state index contributed by atoms with van der Waals surface area (Å²) >= 11 is 20.9. The van der Waals surface area contributed by atoms with Crippen LogP contribution in [-0.4, -0.2) is 14.3 Å². The lowest BCUT2D eigenvalue weighted by Crippen LogP contribution is -2.18. The molecule has 0 spiro atoms. The van der Waals surface area contributed by atoms with Crippen LogP contribution < -0.4 is 10.0 Å². The Morgan fingerprint density at radius 1 is 0.862 bits per heavy atom. The van der Waals surface area contributed by atoms with Crippen molar-refractivity contribution in [3.05, 3.63) is 85.8 Å². The second-order valence-corrected chi connectivity index (χ2v) is 9.68. The van der Waals surface area contributed by atoms with Crippen molar-refractivity contribution in [2.45, 2.75) is 4.90 Å². The highest BCUT2D eigenvalue weighted by Gasteiger charge is 2.20. The van der Waals surface area contributed by atoms with E-state index in [1.54, 1.807) is 30.3 Å². The Morgan fingerprint density at radius 3 is 2.21 bits per heavy atom. The van der Waals surface area contributed by atoms with Crippen molar-refractivity contribution in [2.75, 3.05) is 10.0 Å². The predicted molar refractivity (Wildman–Crippen MR) is 121 cm³/mol. The van der Waals surface area contributed by atoms with Crippen molar-refractivity contribution in [3.63, 3.8) is 0 Å². The molecule has 2 N–H and O–H groups in total. The smallest absolute Gasteiger partial charge is 0.261 e. The minimum Gasteiger partial charge on any atom is -0.322 e. The third-order valence-corrected chi connectivity index (χ3v) is 6.62. The SMILES string of the molecule is O=C(Nc1ccc(Cl)cc1)c1cc(Br)ccc1NS(=O)(=O)c1ccc(Cl)c(Cl)c1. The van der Waals surface area contributed by atoms with E-state index < -0.39 is 15.9 Å². The van der Waals surface area contributed by atoms with Crippen molar-refractivity contribution in [1.29, 1.82) is 0 Å². The summed E-state index contributed by atoms with van der Waals surface area (Å²) in [7, 11) is -4.01. The summed E-state index contributed by atoms with van der Waals surface area (Å²) in [6, 6.07) is 15.1. The van der Waals surface area contributed by atoms with Crippen LogP contribution in [0.15, 0.2) is 70.0 Å². The average molecular weight is 535 g/mol. The number of halogens is 4. The summed E-state index contributed by atoms with van der Waals surface area (Å²) < 4.78 is 28.5. The quantitative estimate of drug-likeness (QED) is 0.394. The van der Waals surface area contributed by atoms with Crippen LogP contribution in [0.25, 0.3) is 0 Å². The molecule has 3 rings (SSSR count). The molecule has 0 aliphatic heterocycles. The highest BCUT2D eigenvalue weighted by molar-refractivity contribution is 9.10. The Labute approximate surface area is 191 Å². The summed E-state index contributed by atoms with van der Waals surface area (Å²) in [6.45, 7) is 0. The van der Waals surface area contributed by atoms with Crippen molar-refractivity contribution >= 4 is 78.0 Å². The number of benzene rings is 3. The number of hydrogen-bond donors (Lipinski definition) is 2. The fourth-order valence-electron chi connectivity index (χ4n) is 2.37. The Hall–Kier alpha value is -1.77. The van der Waals surface area contributed by atoms with E-state index in [0.29, 0.717) is 15.2 Å². The van der Waals surface area contributed by atoms with Gasteiger partial charge in [0.15, 0.2) is 0 Å². The lowest BCUT2D eigenvalue weighted by Gasteiger charge is -2.14. The molecule has 10 heteroatoms. The molecule has 0 saturated heterocycles. The van der Waals surface area contributed by atoms with Gasteiger partial charge in [0.25, 0.3) is 15.9 Å². The fourth-order valence-corrected chi connectivity index (χ4v) is 4.33. The van der Waals surface area contributed by atoms with Crippen molar-refractivity contribution in [3.8, 4) is 0 Å².